The minimum Gasteiger partial charge on any atom is -0.463 e. The number of unbranched alkanes of at least 4 members (excludes halogenated alkanes) is 38. The molecule has 0 saturated heterocycles. The number of allylic oxidation sites excluding steroid dienone is 36. The van der Waals surface area contributed by atoms with E-state index in [0.29, 0.717) is 19.3 Å². The molecule has 0 amide bonds. The third-order valence-corrected chi connectivity index (χ3v) is 23.6. The maximum absolute atomic E-state index is 13.1. The number of esters is 3. The molecule has 0 fully saturated rings. The van der Waals surface area contributed by atoms with Gasteiger partial charge in [-0.1, -0.05) is 445 Å². The molecule has 0 bridgehead atoms. The van der Waals surface area contributed by atoms with E-state index in [9.17, 15) is 43.5 Å². The molecule has 5 unspecified atom stereocenters. The van der Waals surface area contributed by atoms with Gasteiger partial charge in [0.1, 0.15) is 25.4 Å². The number of hydrogen-bond acceptors (Lipinski definition) is 14. The van der Waals surface area contributed by atoms with Crippen LogP contribution in [0.3, 0.4) is 0 Å². The van der Waals surface area contributed by atoms with Crippen LogP contribution in [-0.4, -0.2) is 95.9 Å². The number of carbonyl (C=O) groups excluding carboxylic acids is 3. The van der Waals surface area contributed by atoms with Gasteiger partial charge in [-0.2, -0.15) is 0 Å². The fourth-order valence-electron chi connectivity index (χ4n) is 13.9. The van der Waals surface area contributed by atoms with Crippen LogP contribution in [0.15, 0.2) is 219 Å². The Balaban J connectivity index is 4.66. The summed E-state index contributed by atoms with van der Waals surface area (Å²) < 4.78 is 61.7. The third kappa shape index (κ3) is 104. The second-order valence-corrected chi connectivity index (χ2v) is 37.1. The van der Waals surface area contributed by atoms with Crippen LogP contribution >= 0.6 is 15.6 Å². The van der Waals surface area contributed by atoms with E-state index >= 15 is 0 Å². The highest BCUT2D eigenvalue weighted by molar-refractivity contribution is 7.47. The Bertz CT molecular complexity index is 3270. The number of aliphatic hydroxyl groups is 2. The van der Waals surface area contributed by atoms with Crippen LogP contribution < -0.4 is 0 Å². The molecule has 0 spiro atoms. The van der Waals surface area contributed by atoms with Gasteiger partial charge in [-0.05, 0) is 173 Å². The van der Waals surface area contributed by atoms with E-state index in [1.54, 1.807) is 0 Å². The van der Waals surface area contributed by atoms with Crippen LogP contribution in [0.25, 0.3) is 0 Å². The molecule has 0 aliphatic rings. The summed E-state index contributed by atoms with van der Waals surface area (Å²) in [6.07, 6.45) is 141. The molecule has 5 atom stereocenters. The normalized spacial score (nSPS) is 14.5. The van der Waals surface area contributed by atoms with Gasteiger partial charge in [-0.15, -0.1) is 0 Å². The van der Waals surface area contributed by atoms with Crippen molar-refractivity contribution in [3.63, 3.8) is 0 Å². The second kappa shape index (κ2) is 103. The van der Waals surface area contributed by atoms with Crippen LogP contribution in [0.4, 0.5) is 0 Å². The maximum Gasteiger partial charge on any atom is 0.472 e. The molecule has 0 rings (SSSR count). The van der Waals surface area contributed by atoms with Gasteiger partial charge < -0.3 is 34.2 Å². The zero-order valence-corrected chi connectivity index (χ0v) is 84.5. The summed E-state index contributed by atoms with van der Waals surface area (Å²) in [5.74, 6) is -1.57. The van der Waals surface area contributed by atoms with Gasteiger partial charge in [0.05, 0.1) is 26.4 Å². The van der Waals surface area contributed by atoms with Crippen molar-refractivity contribution in [2.45, 2.75) is 437 Å². The van der Waals surface area contributed by atoms with Crippen molar-refractivity contribution < 1.29 is 75.8 Å². The van der Waals surface area contributed by atoms with Crippen molar-refractivity contribution in [3.8, 4) is 0 Å². The molecule has 0 aliphatic carbocycles. The highest BCUT2D eigenvalue weighted by atomic mass is 31.2. The Labute approximate surface area is 800 Å². The van der Waals surface area contributed by atoms with Crippen LogP contribution in [0.1, 0.15) is 419 Å². The number of rotatable bonds is 97. The van der Waals surface area contributed by atoms with Gasteiger partial charge in [-0.25, -0.2) is 9.13 Å². The average Bonchev–Trinajstić information content (AvgIpc) is 0.891. The van der Waals surface area contributed by atoms with E-state index in [1.165, 1.54) is 154 Å². The summed E-state index contributed by atoms with van der Waals surface area (Å²) in [6, 6.07) is 0. The van der Waals surface area contributed by atoms with Crippen molar-refractivity contribution in [2.75, 3.05) is 39.6 Å². The zero-order chi connectivity index (χ0) is 95.0. The number of aliphatic hydroxyl groups excluding tert-OH is 2. The first kappa shape index (κ1) is 125. The quantitative estimate of drug-likeness (QED) is 0.0146. The van der Waals surface area contributed by atoms with Crippen molar-refractivity contribution in [1.82, 2.24) is 0 Å². The highest BCUT2D eigenvalue weighted by Crippen LogP contribution is 2.45. The minimum atomic E-state index is -4.95. The van der Waals surface area contributed by atoms with Crippen LogP contribution in [-0.2, 0) is 55.8 Å². The van der Waals surface area contributed by atoms with Gasteiger partial charge in [0.2, 0.25) is 0 Å². The molecular weight excluding hydrogens is 1680 g/mol. The second-order valence-electron chi connectivity index (χ2n) is 34.2. The zero-order valence-electron chi connectivity index (χ0n) is 82.7. The molecule has 0 aromatic carbocycles. The van der Waals surface area contributed by atoms with Gasteiger partial charge in [-0.3, -0.25) is 32.5 Å². The minimum absolute atomic E-state index is 0.0950. The molecule has 0 aromatic heterocycles. The number of carbonyl (C=O) groups is 3. The number of phosphoric ester groups is 2. The van der Waals surface area contributed by atoms with E-state index < -0.39 is 91.5 Å². The molecule has 0 saturated carbocycles. The van der Waals surface area contributed by atoms with Gasteiger partial charge in [0.25, 0.3) is 0 Å². The maximum atomic E-state index is 13.1. The third-order valence-electron chi connectivity index (χ3n) is 21.7. The predicted molar refractivity (Wildman–Crippen MR) is 555 cm³/mol. The standard InChI is InChI=1S/C113H188O16P2/c1-4-7-10-13-16-19-22-25-28-31-34-37-40-43-46-49-52-53-56-58-60-63-66-69-72-75-78-81-84-87-90-93-96-99-111(116)123-102-108(114)103-125-130(119,120)126-104-109(115)105-127-131(121,122)128-107-110(129-113(118)101-98-95-92-89-86-83-80-77-74-71-68-65-62-59-55-51-48-45-42-39-36-33-30-27-24-21-18-15-12-9-6-3)106-124-112(117)100-97-94-91-88-85-82-79-76-73-70-67-64-61-57-54-50-47-44-41-38-35-32-29-26-23-20-17-14-11-8-5-2/h7-12,16-21,25-30,34-39,43-48,52-55,57,59,108-110,114-115H,4-6,13-15,22-24,31-33,40-42,49-51,56,58,60-107H2,1-3H3,(H,119,120)(H,121,122)/b10-7-,11-8-,12-9-,19-16-,20-17-,21-18-,28-25-,29-26-,30-27-,37-34-,38-35-,39-36-,46-43-,47-44-,48-45-,53-52-,57-54-,59-55-. The molecule has 0 radical (unpaired) electrons. The van der Waals surface area contributed by atoms with Crippen molar-refractivity contribution in [1.29, 1.82) is 0 Å². The molecule has 4 N–H and O–H groups in total. The molecule has 746 valence electrons. The summed E-state index contributed by atoms with van der Waals surface area (Å²) in [5, 5.41) is 20.8. The fourth-order valence-corrected chi connectivity index (χ4v) is 15.5. The topological polar surface area (TPSA) is 231 Å². The van der Waals surface area contributed by atoms with Gasteiger partial charge in [0, 0.05) is 19.3 Å². The molecule has 0 aliphatic heterocycles. The Morgan fingerprint density at radius 3 is 0.603 bits per heavy atom. The summed E-state index contributed by atoms with van der Waals surface area (Å²) in [6.45, 7) is 2.39. The number of hydrogen-bond donors (Lipinski definition) is 4. The molecular formula is C113H188O16P2. The predicted octanol–water partition coefficient (Wildman–Crippen LogP) is 33.2. The summed E-state index contributed by atoms with van der Waals surface area (Å²) in [5.41, 5.74) is 0. The molecule has 131 heavy (non-hydrogen) atoms. The first-order valence-electron chi connectivity index (χ1n) is 52.0. The molecule has 0 aromatic rings. The molecule has 18 heteroatoms. The molecule has 16 nitrogen and oxygen atoms in total. The lowest BCUT2D eigenvalue weighted by molar-refractivity contribution is -0.161. The summed E-state index contributed by atoms with van der Waals surface area (Å²) in [4.78, 5) is 59.3. The first-order valence-corrected chi connectivity index (χ1v) is 55.0. The SMILES string of the molecule is CC/C=C\C/C=C\C/C=C\C/C=C\C/C=C\C/C=C\CCCCCCCCCCCCCCCCC(=O)OCC(O)COP(=O)(O)OCC(O)COP(=O)(O)OCC(COC(=O)CCCCCCCCCCCCCC/C=C\C/C=C\C/C=C\C/C=C\C/C=C\C/C=C\CC)OC(=O)CCCCCCCCCCCCCC/C=C\C/C=C\C/C=C\C/C=C\C/C=C\C/C=C\CC. The van der Waals surface area contributed by atoms with E-state index in [-0.39, 0.29) is 19.3 Å². The van der Waals surface area contributed by atoms with Crippen molar-refractivity contribution >= 4 is 33.6 Å². The largest absolute Gasteiger partial charge is 0.472 e. The smallest absolute Gasteiger partial charge is 0.463 e. The lowest BCUT2D eigenvalue weighted by atomic mass is 10.0. The first-order chi connectivity index (χ1) is 64.2. The lowest BCUT2D eigenvalue weighted by Gasteiger charge is -2.21. The summed E-state index contributed by atoms with van der Waals surface area (Å²) >= 11 is 0. The Morgan fingerprint density at radius 2 is 0.382 bits per heavy atom. The van der Waals surface area contributed by atoms with Crippen LogP contribution in [0, 0.1) is 0 Å². The van der Waals surface area contributed by atoms with Gasteiger partial charge >= 0.3 is 33.6 Å². The summed E-state index contributed by atoms with van der Waals surface area (Å²) in [7, 11) is -9.83. The Kier molecular flexibility index (Phi) is 98.0. The van der Waals surface area contributed by atoms with Gasteiger partial charge in [0.15, 0.2) is 6.10 Å². The Hall–Kier alpha value is -6.13. The molecule has 0 heterocycles. The highest BCUT2D eigenvalue weighted by Gasteiger charge is 2.30. The van der Waals surface area contributed by atoms with E-state index in [0.717, 1.165) is 205 Å². The van der Waals surface area contributed by atoms with E-state index in [4.69, 9.17) is 32.3 Å². The van der Waals surface area contributed by atoms with E-state index in [1.807, 2.05) is 0 Å². The van der Waals surface area contributed by atoms with Crippen molar-refractivity contribution in [2.24, 2.45) is 0 Å². The monoisotopic (exact) mass is 1860 g/mol. The fraction of sp³-hybridized carbons (Fsp3) is 0.655. The number of ether oxygens (including phenoxy) is 3. The Morgan fingerprint density at radius 1 is 0.214 bits per heavy atom. The average molecular weight is 1860 g/mol. The van der Waals surface area contributed by atoms with Crippen LogP contribution in [0.2, 0.25) is 0 Å². The van der Waals surface area contributed by atoms with Crippen molar-refractivity contribution in [3.05, 3.63) is 219 Å². The number of phosphoric acid groups is 2. The van der Waals surface area contributed by atoms with Crippen LogP contribution in [0.5, 0.6) is 0 Å². The van der Waals surface area contributed by atoms with E-state index in [2.05, 4.69) is 240 Å². The lowest BCUT2D eigenvalue weighted by Crippen LogP contribution is -2.30.